The zero-order valence-corrected chi connectivity index (χ0v) is 15.9. The summed E-state index contributed by atoms with van der Waals surface area (Å²) >= 11 is 0. The standard InChI is InChI=1S/C22H23N5O/c1-2-3-13-27-20(23)18(22(28)24-14-15-9-5-4-6-10-15)19-21(27)26-17-12-8-7-11-16(17)25-19/h4-12H,2-3,13-14,23H2,1H3,(H,24,28). The quantitative estimate of drug-likeness (QED) is 0.537. The molecule has 0 aliphatic heterocycles. The number of anilines is 1. The Kier molecular flexibility index (Phi) is 4.93. The second kappa shape index (κ2) is 7.68. The fourth-order valence-corrected chi connectivity index (χ4v) is 3.35. The first-order chi connectivity index (χ1) is 13.7. The average Bonchev–Trinajstić information content (AvgIpc) is 3.00. The highest BCUT2D eigenvalue weighted by Gasteiger charge is 2.23. The summed E-state index contributed by atoms with van der Waals surface area (Å²) < 4.78 is 1.91. The Labute approximate surface area is 163 Å². The van der Waals surface area contributed by atoms with Gasteiger partial charge in [0, 0.05) is 13.1 Å². The Balaban J connectivity index is 1.78. The van der Waals surface area contributed by atoms with Gasteiger partial charge in [-0.25, -0.2) is 9.97 Å². The summed E-state index contributed by atoms with van der Waals surface area (Å²) in [5.74, 6) is 0.190. The third kappa shape index (κ3) is 3.29. The lowest BCUT2D eigenvalue weighted by atomic mass is 10.2. The van der Waals surface area contributed by atoms with Gasteiger partial charge in [-0.05, 0) is 24.1 Å². The summed E-state index contributed by atoms with van der Waals surface area (Å²) in [7, 11) is 0. The molecule has 3 N–H and O–H groups in total. The molecule has 0 bridgehead atoms. The van der Waals surface area contributed by atoms with Gasteiger partial charge < -0.3 is 15.6 Å². The summed E-state index contributed by atoms with van der Waals surface area (Å²) in [6.07, 6.45) is 1.98. The van der Waals surface area contributed by atoms with Gasteiger partial charge in [0.1, 0.15) is 16.9 Å². The number of hydrogen-bond acceptors (Lipinski definition) is 4. The van der Waals surface area contributed by atoms with E-state index in [0.717, 1.165) is 29.4 Å². The highest BCUT2D eigenvalue weighted by molar-refractivity contribution is 6.10. The average molecular weight is 373 g/mol. The van der Waals surface area contributed by atoms with Crippen LogP contribution in [0.15, 0.2) is 54.6 Å². The van der Waals surface area contributed by atoms with Crippen molar-refractivity contribution in [2.75, 3.05) is 5.73 Å². The largest absolute Gasteiger partial charge is 0.384 e. The van der Waals surface area contributed by atoms with Crippen molar-refractivity contribution in [1.29, 1.82) is 0 Å². The molecule has 28 heavy (non-hydrogen) atoms. The molecule has 2 heterocycles. The zero-order chi connectivity index (χ0) is 19.5. The van der Waals surface area contributed by atoms with Crippen molar-refractivity contribution in [3.05, 3.63) is 65.7 Å². The molecule has 0 fully saturated rings. The van der Waals surface area contributed by atoms with Crippen molar-refractivity contribution >= 4 is 33.9 Å². The number of amides is 1. The van der Waals surface area contributed by atoms with Crippen LogP contribution in [0.25, 0.3) is 22.2 Å². The minimum atomic E-state index is -0.230. The normalized spacial score (nSPS) is 11.2. The summed E-state index contributed by atoms with van der Waals surface area (Å²) in [5, 5.41) is 2.97. The Morgan fingerprint density at radius 2 is 1.71 bits per heavy atom. The molecule has 2 aromatic carbocycles. The lowest BCUT2D eigenvalue weighted by molar-refractivity contribution is 0.0953. The van der Waals surface area contributed by atoms with E-state index >= 15 is 0 Å². The third-order valence-corrected chi connectivity index (χ3v) is 4.85. The van der Waals surface area contributed by atoms with Gasteiger partial charge in [0.25, 0.3) is 5.91 Å². The summed E-state index contributed by atoms with van der Waals surface area (Å²) in [5.41, 5.74) is 10.6. The van der Waals surface area contributed by atoms with Crippen LogP contribution in [0.2, 0.25) is 0 Å². The number of fused-ring (bicyclic) bond motifs is 2. The Bertz CT molecular complexity index is 1130. The predicted octanol–water partition coefficient (Wildman–Crippen LogP) is 3.90. The Morgan fingerprint density at radius 3 is 2.43 bits per heavy atom. The molecule has 1 amide bonds. The van der Waals surface area contributed by atoms with E-state index in [1.54, 1.807) is 0 Å². The van der Waals surface area contributed by atoms with E-state index in [9.17, 15) is 4.79 Å². The Morgan fingerprint density at radius 1 is 1.04 bits per heavy atom. The van der Waals surface area contributed by atoms with Gasteiger partial charge in [-0.2, -0.15) is 0 Å². The van der Waals surface area contributed by atoms with Crippen LogP contribution in [0.4, 0.5) is 5.82 Å². The molecular formula is C22H23N5O. The van der Waals surface area contributed by atoms with Crippen LogP contribution in [-0.4, -0.2) is 20.4 Å². The highest BCUT2D eigenvalue weighted by atomic mass is 16.1. The summed E-state index contributed by atoms with van der Waals surface area (Å²) in [6.45, 7) is 3.26. The van der Waals surface area contributed by atoms with Crippen LogP contribution >= 0.6 is 0 Å². The SMILES string of the molecule is CCCCn1c(N)c(C(=O)NCc2ccccc2)c2nc3ccccc3nc21. The first-order valence-corrected chi connectivity index (χ1v) is 9.55. The molecule has 0 atom stereocenters. The first-order valence-electron chi connectivity index (χ1n) is 9.55. The minimum Gasteiger partial charge on any atom is -0.384 e. The fraction of sp³-hybridized carbons (Fsp3) is 0.227. The number of aryl methyl sites for hydroxylation is 1. The first kappa shape index (κ1) is 18.0. The van der Waals surface area contributed by atoms with Crippen LogP contribution in [-0.2, 0) is 13.1 Å². The molecule has 0 aliphatic rings. The molecule has 142 valence electrons. The molecule has 4 rings (SSSR count). The van der Waals surface area contributed by atoms with E-state index < -0.39 is 0 Å². The molecule has 0 aliphatic carbocycles. The van der Waals surface area contributed by atoms with E-state index in [0.29, 0.717) is 35.6 Å². The van der Waals surface area contributed by atoms with E-state index in [1.807, 2.05) is 59.2 Å². The number of unbranched alkanes of at least 4 members (excludes halogenated alkanes) is 1. The summed E-state index contributed by atoms with van der Waals surface area (Å²) in [4.78, 5) is 22.5. The van der Waals surface area contributed by atoms with Gasteiger partial charge in [-0.15, -0.1) is 0 Å². The van der Waals surface area contributed by atoms with Gasteiger partial charge in [0.2, 0.25) is 0 Å². The van der Waals surface area contributed by atoms with Gasteiger partial charge >= 0.3 is 0 Å². The number of rotatable bonds is 6. The van der Waals surface area contributed by atoms with Crippen LogP contribution in [0.3, 0.4) is 0 Å². The van der Waals surface area contributed by atoms with Gasteiger partial charge in [-0.1, -0.05) is 55.8 Å². The number of aromatic nitrogens is 3. The van der Waals surface area contributed by atoms with Crippen molar-refractivity contribution in [2.45, 2.75) is 32.9 Å². The molecule has 0 radical (unpaired) electrons. The second-order valence-corrected chi connectivity index (χ2v) is 6.82. The zero-order valence-electron chi connectivity index (χ0n) is 15.9. The molecule has 6 nitrogen and oxygen atoms in total. The number of carbonyl (C=O) groups excluding carboxylic acids is 1. The molecular weight excluding hydrogens is 350 g/mol. The van der Waals surface area contributed by atoms with Crippen molar-refractivity contribution in [3.63, 3.8) is 0 Å². The van der Waals surface area contributed by atoms with Crippen LogP contribution in [0.5, 0.6) is 0 Å². The number of carbonyl (C=O) groups is 1. The number of benzene rings is 2. The van der Waals surface area contributed by atoms with Crippen LogP contribution in [0, 0.1) is 0 Å². The maximum absolute atomic E-state index is 13.0. The van der Waals surface area contributed by atoms with Gasteiger partial charge in [0.15, 0.2) is 5.65 Å². The number of nitrogens with two attached hydrogens (primary N) is 1. The van der Waals surface area contributed by atoms with Crippen LogP contribution in [0.1, 0.15) is 35.7 Å². The molecule has 2 aromatic heterocycles. The predicted molar refractivity (Wildman–Crippen MR) is 112 cm³/mol. The molecule has 0 spiro atoms. The maximum Gasteiger partial charge on any atom is 0.257 e. The number of hydrogen-bond donors (Lipinski definition) is 2. The molecule has 0 saturated carbocycles. The van der Waals surface area contributed by atoms with Crippen LogP contribution < -0.4 is 11.1 Å². The fourth-order valence-electron chi connectivity index (χ4n) is 3.35. The third-order valence-electron chi connectivity index (χ3n) is 4.85. The number of nitrogens with one attached hydrogen (secondary N) is 1. The highest BCUT2D eigenvalue weighted by Crippen LogP contribution is 2.28. The number of nitrogen functional groups attached to an aromatic ring is 1. The number of para-hydroxylation sites is 2. The molecule has 0 unspecified atom stereocenters. The lowest BCUT2D eigenvalue weighted by Crippen LogP contribution is -2.24. The summed E-state index contributed by atoms with van der Waals surface area (Å²) in [6, 6.07) is 17.5. The smallest absolute Gasteiger partial charge is 0.257 e. The maximum atomic E-state index is 13.0. The molecule has 4 aromatic rings. The molecule has 0 saturated heterocycles. The van der Waals surface area contributed by atoms with E-state index in [4.69, 9.17) is 15.7 Å². The van der Waals surface area contributed by atoms with Gasteiger partial charge in [0.05, 0.1) is 11.0 Å². The minimum absolute atomic E-state index is 0.230. The van der Waals surface area contributed by atoms with E-state index in [-0.39, 0.29) is 5.91 Å². The Hall–Kier alpha value is -3.41. The van der Waals surface area contributed by atoms with Crippen molar-refractivity contribution < 1.29 is 4.79 Å². The monoisotopic (exact) mass is 373 g/mol. The van der Waals surface area contributed by atoms with Crippen molar-refractivity contribution in [3.8, 4) is 0 Å². The second-order valence-electron chi connectivity index (χ2n) is 6.82. The molecule has 6 heteroatoms. The van der Waals surface area contributed by atoms with E-state index in [2.05, 4.69) is 12.2 Å². The lowest BCUT2D eigenvalue weighted by Gasteiger charge is -2.07. The van der Waals surface area contributed by atoms with E-state index in [1.165, 1.54) is 0 Å². The number of nitrogens with zero attached hydrogens (tertiary/aromatic N) is 3. The van der Waals surface area contributed by atoms with Crippen molar-refractivity contribution in [2.24, 2.45) is 0 Å². The topological polar surface area (TPSA) is 85.8 Å². The van der Waals surface area contributed by atoms with Crippen molar-refractivity contribution in [1.82, 2.24) is 19.9 Å². The van der Waals surface area contributed by atoms with Gasteiger partial charge in [-0.3, -0.25) is 4.79 Å².